The van der Waals surface area contributed by atoms with E-state index in [0.29, 0.717) is 17.9 Å². The summed E-state index contributed by atoms with van der Waals surface area (Å²) in [4.78, 5) is 24.0. The maximum Gasteiger partial charge on any atom is 0.280 e. The van der Waals surface area contributed by atoms with E-state index in [2.05, 4.69) is 27.4 Å². The monoisotopic (exact) mass is 445 g/mol. The molecule has 0 aliphatic carbocycles. The minimum absolute atomic E-state index is 0.126. The Kier molecular flexibility index (Phi) is 5.24. The van der Waals surface area contributed by atoms with Crippen LogP contribution in [-0.4, -0.2) is 60.2 Å². The lowest BCUT2D eigenvalue weighted by molar-refractivity contribution is 0.118. The number of ether oxygens (including phenoxy) is 2. The summed E-state index contributed by atoms with van der Waals surface area (Å²) in [6.45, 7) is 4.60. The first-order valence-electron chi connectivity index (χ1n) is 11.6. The minimum Gasteiger partial charge on any atom is -0.378 e. The molecule has 1 atom stereocenters. The van der Waals surface area contributed by atoms with Crippen molar-refractivity contribution in [2.24, 2.45) is 0 Å². The number of H-pyrrole nitrogens is 1. The number of hydrogen-bond donors (Lipinski definition) is 2. The van der Waals surface area contributed by atoms with Crippen LogP contribution in [0.15, 0.2) is 53.3 Å². The summed E-state index contributed by atoms with van der Waals surface area (Å²) in [5, 5.41) is 0.974. The van der Waals surface area contributed by atoms with Crippen LogP contribution in [0, 0.1) is 0 Å². The fourth-order valence-corrected chi connectivity index (χ4v) is 4.73. The molecule has 0 saturated carbocycles. The van der Waals surface area contributed by atoms with Gasteiger partial charge in [0.2, 0.25) is 0 Å². The second kappa shape index (κ2) is 8.53. The van der Waals surface area contributed by atoms with Gasteiger partial charge in [-0.3, -0.25) is 4.79 Å². The van der Waals surface area contributed by atoms with Gasteiger partial charge in [0.15, 0.2) is 0 Å². The van der Waals surface area contributed by atoms with Gasteiger partial charge in [0.05, 0.1) is 48.0 Å². The normalized spacial score (nSPS) is 18.9. The Balaban J connectivity index is 1.39. The first kappa shape index (κ1) is 20.3. The minimum atomic E-state index is -0.126. The lowest BCUT2D eigenvalue weighted by Gasteiger charge is -2.28. The highest BCUT2D eigenvalue weighted by molar-refractivity contribution is 5.86. The van der Waals surface area contributed by atoms with Gasteiger partial charge in [-0.05, 0) is 43.2 Å². The Morgan fingerprint density at radius 3 is 2.82 bits per heavy atom. The highest BCUT2D eigenvalue weighted by Gasteiger charge is 2.19. The van der Waals surface area contributed by atoms with Crippen LogP contribution in [0.5, 0.6) is 0 Å². The van der Waals surface area contributed by atoms with Crippen LogP contribution in [0.3, 0.4) is 0 Å². The Hall–Kier alpha value is -3.36. The standard InChI is InChI=1S/C25H27N5O3/c31-25-20(14-17-4-1-2-6-23(17)30(25)26-16-19-5-3-11-33-19)24-27-21-8-7-18(15-22(21)28-24)29-9-12-32-13-10-29/h1-2,4,6-8,14-15,19,26H,3,5,9-13,16H2,(H,27,28). The van der Waals surface area contributed by atoms with Crippen LogP contribution in [0.4, 0.5) is 5.69 Å². The average Bonchev–Trinajstić information content (AvgIpc) is 3.53. The molecule has 2 aliphatic rings. The molecule has 2 aromatic carbocycles. The van der Waals surface area contributed by atoms with Crippen molar-refractivity contribution in [3.63, 3.8) is 0 Å². The molecule has 2 saturated heterocycles. The largest absolute Gasteiger partial charge is 0.378 e. The number of nitrogens with zero attached hydrogens (tertiary/aromatic N) is 3. The quantitative estimate of drug-likeness (QED) is 0.491. The number of aromatic nitrogens is 3. The molecule has 170 valence electrons. The first-order chi connectivity index (χ1) is 16.3. The molecule has 0 amide bonds. The topological polar surface area (TPSA) is 84.4 Å². The summed E-state index contributed by atoms with van der Waals surface area (Å²) in [5.41, 5.74) is 7.46. The highest BCUT2D eigenvalue weighted by Crippen LogP contribution is 2.25. The number of imidazole rings is 1. The molecule has 6 rings (SSSR count). The molecule has 4 heterocycles. The zero-order chi connectivity index (χ0) is 22.2. The number of benzene rings is 2. The van der Waals surface area contributed by atoms with E-state index in [9.17, 15) is 4.79 Å². The third-order valence-electron chi connectivity index (χ3n) is 6.51. The predicted octanol–water partition coefficient (Wildman–Crippen LogP) is 3.10. The highest BCUT2D eigenvalue weighted by atomic mass is 16.5. The van der Waals surface area contributed by atoms with E-state index >= 15 is 0 Å². The van der Waals surface area contributed by atoms with Crippen molar-refractivity contribution in [1.82, 2.24) is 14.6 Å². The summed E-state index contributed by atoms with van der Waals surface area (Å²) in [7, 11) is 0. The smallest absolute Gasteiger partial charge is 0.280 e. The van der Waals surface area contributed by atoms with Gasteiger partial charge in [-0.1, -0.05) is 18.2 Å². The number of morpholine rings is 1. The van der Waals surface area contributed by atoms with E-state index in [4.69, 9.17) is 14.5 Å². The second-order valence-electron chi connectivity index (χ2n) is 8.64. The van der Waals surface area contributed by atoms with Crippen molar-refractivity contribution < 1.29 is 9.47 Å². The molecule has 4 aromatic rings. The predicted molar refractivity (Wildman–Crippen MR) is 130 cm³/mol. The molecule has 2 aliphatic heterocycles. The zero-order valence-corrected chi connectivity index (χ0v) is 18.4. The van der Waals surface area contributed by atoms with Crippen LogP contribution in [0.25, 0.3) is 33.3 Å². The fraction of sp³-hybridized carbons (Fsp3) is 0.360. The SMILES string of the molecule is O=c1c(-c2nc3ccc(N4CCOCC4)cc3[nH]2)cc2ccccc2n1NCC1CCCO1. The van der Waals surface area contributed by atoms with Gasteiger partial charge < -0.3 is 24.8 Å². The number of hydrogen-bond acceptors (Lipinski definition) is 6. The fourth-order valence-electron chi connectivity index (χ4n) is 4.73. The zero-order valence-electron chi connectivity index (χ0n) is 18.4. The third-order valence-corrected chi connectivity index (χ3v) is 6.51. The number of aromatic amines is 1. The number of fused-ring (bicyclic) bond motifs is 2. The van der Waals surface area contributed by atoms with E-state index in [1.165, 1.54) is 0 Å². The number of para-hydroxylation sites is 1. The maximum absolute atomic E-state index is 13.6. The lowest BCUT2D eigenvalue weighted by Crippen LogP contribution is -2.36. The molecule has 8 nitrogen and oxygen atoms in total. The van der Waals surface area contributed by atoms with E-state index in [0.717, 1.165) is 73.4 Å². The van der Waals surface area contributed by atoms with Crippen molar-refractivity contribution >= 4 is 27.6 Å². The second-order valence-corrected chi connectivity index (χ2v) is 8.64. The molecule has 2 aromatic heterocycles. The van der Waals surface area contributed by atoms with Gasteiger partial charge in [0.1, 0.15) is 5.82 Å². The van der Waals surface area contributed by atoms with E-state index in [1.54, 1.807) is 4.68 Å². The number of nitrogens with one attached hydrogen (secondary N) is 2. The van der Waals surface area contributed by atoms with Crippen LogP contribution in [0.2, 0.25) is 0 Å². The van der Waals surface area contributed by atoms with Crippen LogP contribution >= 0.6 is 0 Å². The molecular formula is C25H27N5O3. The number of pyridine rings is 1. The van der Waals surface area contributed by atoms with Crippen LogP contribution < -0.4 is 15.9 Å². The Morgan fingerprint density at radius 1 is 1.09 bits per heavy atom. The molecule has 8 heteroatoms. The van der Waals surface area contributed by atoms with Crippen LogP contribution in [-0.2, 0) is 9.47 Å². The number of rotatable bonds is 5. The van der Waals surface area contributed by atoms with Gasteiger partial charge in [-0.15, -0.1) is 0 Å². The molecule has 1 unspecified atom stereocenters. The van der Waals surface area contributed by atoms with Crippen molar-refractivity contribution in [2.75, 3.05) is 49.8 Å². The summed E-state index contributed by atoms with van der Waals surface area (Å²) < 4.78 is 12.8. The first-order valence-corrected chi connectivity index (χ1v) is 11.6. The molecule has 0 bridgehead atoms. The Bertz CT molecular complexity index is 1350. The molecular weight excluding hydrogens is 418 g/mol. The lowest BCUT2D eigenvalue weighted by atomic mass is 10.1. The van der Waals surface area contributed by atoms with E-state index in [1.807, 2.05) is 36.4 Å². The molecule has 33 heavy (non-hydrogen) atoms. The van der Waals surface area contributed by atoms with Crippen molar-refractivity contribution in [3.05, 3.63) is 58.9 Å². The van der Waals surface area contributed by atoms with Gasteiger partial charge >= 0.3 is 0 Å². The van der Waals surface area contributed by atoms with Crippen molar-refractivity contribution in [3.8, 4) is 11.4 Å². The maximum atomic E-state index is 13.6. The third kappa shape index (κ3) is 3.85. The van der Waals surface area contributed by atoms with Crippen LogP contribution in [0.1, 0.15) is 12.8 Å². The van der Waals surface area contributed by atoms with Crippen molar-refractivity contribution in [2.45, 2.75) is 18.9 Å². The number of anilines is 1. The van der Waals surface area contributed by atoms with Gasteiger partial charge in [-0.2, -0.15) is 0 Å². The molecule has 0 radical (unpaired) electrons. The Labute approximate surface area is 191 Å². The molecule has 2 N–H and O–H groups in total. The molecule has 2 fully saturated rings. The molecule has 0 spiro atoms. The summed E-state index contributed by atoms with van der Waals surface area (Å²) in [6, 6.07) is 16.0. The van der Waals surface area contributed by atoms with E-state index in [-0.39, 0.29) is 11.7 Å². The van der Waals surface area contributed by atoms with Gasteiger partial charge in [-0.25, -0.2) is 9.66 Å². The van der Waals surface area contributed by atoms with Gasteiger partial charge in [0, 0.05) is 30.8 Å². The summed E-state index contributed by atoms with van der Waals surface area (Å²) in [5.74, 6) is 0.576. The average molecular weight is 446 g/mol. The van der Waals surface area contributed by atoms with Gasteiger partial charge in [0.25, 0.3) is 5.56 Å². The summed E-state index contributed by atoms with van der Waals surface area (Å²) >= 11 is 0. The Morgan fingerprint density at radius 2 is 1.97 bits per heavy atom. The summed E-state index contributed by atoms with van der Waals surface area (Å²) in [6.07, 6.45) is 2.20. The van der Waals surface area contributed by atoms with Crippen molar-refractivity contribution in [1.29, 1.82) is 0 Å². The van der Waals surface area contributed by atoms with E-state index < -0.39 is 0 Å².